The van der Waals surface area contributed by atoms with Crippen molar-refractivity contribution in [3.05, 3.63) is 0 Å². The molecule has 0 aromatic carbocycles. The zero-order valence-electron chi connectivity index (χ0n) is 7.00. The molecule has 0 fully saturated rings. The third kappa shape index (κ3) is 7.40. The molecule has 0 rings (SSSR count). The van der Waals surface area contributed by atoms with E-state index in [0.717, 1.165) is 5.75 Å². The van der Waals surface area contributed by atoms with E-state index in [1.165, 1.54) is 0 Å². The molecular formula is C7H13NO3S. The second-order valence-corrected chi connectivity index (χ2v) is 3.22. The number of amides is 1. The molecular weight excluding hydrogens is 178 g/mol. The van der Waals surface area contributed by atoms with Crippen molar-refractivity contribution in [2.24, 2.45) is 0 Å². The summed E-state index contributed by atoms with van der Waals surface area (Å²) in [7, 11) is 0. The van der Waals surface area contributed by atoms with E-state index in [-0.39, 0.29) is 18.9 Å². The Balaban J connectivity index is 3.25. The lowest BCUT2D eigenvalue weighted by molar-refractivity contribution is -0.136. The maximum atomic E-state index is 10.9. The average Bonchev–Trinajstić information content (AvgIpc) is 2.00. The average molecular weight is 191 g/mol. The van der Waals surface area contributed by atoms with Crippen LogP contribution in [0.25, 0.3) is 0 Å². The van der Waals surface area contributed by atoms with E-state index in [0.29, 0.717) is 6.42 Å². The summed E-state index contributed by atoms with van der Waals surface area (Å²) >= 11 is 1.59. The Morgan fingerprint density at radius 3 is 2.58 bits per heavy atom. The lowest BCUT2D eigenvalue weighted by atomic mass is 10.4. The number of hydrogen-bond acceptors (Lipinski definition) is 3. The Morgan fingerprint density at radius 2 is 2.08 bits per heavy atom. The van der Waals surface area contributed by atoms with E-state index in [9.17, 15) is 9.59 Å². The fourth-order valence-electron chi connectivity index (χ4n) is 0.592. The molecule has 2 N–H and O–H groups in total. The van der Waals surface area contributed by atoms with Crippen LogP contribution in [-0.4, -0.2) is 35.5 Å². The van der Waals surface area contributed by atoms with Crippen LogP contribution in [0.3, 0.4) is 0 Å². The van der Waals surface area contributed by atoms with E-state index in [2.05, 4.69) is 5.32 Å². The van der Waals surface area contributed by atoms with Crippen molar-refractivity contribution in [3.8, 4) is 0 Å². The number of thioether (sulfide) groups is 1. The van der Waals surface area contributed by atoms with Gasteiger partial charge in [-0.3, -0.25) is 9.59 Å². The van der Waals surface area contributed by atoms with Gasteiger partial charge in [0.05, 0.1) is 6.42 Å². The maximum absolute atomic E-state index is 10.9. The third-order valence-corrected chi connectivity index (χ3v) is 1.81. The highest BCUT2D eigenvalue weighted by Gasteiger charge is 2.01. The molecule has 0 heterocycles. The lowest BCUT2D eigenvalue weighted by Crippen LogP contribution is -2.26. The second kappa shape index (κ2) is 6.97. The number of carbonyl (C=O) groups is 2. The van der Waals surface area contributed by atoms with Gasteiger partial charge in [-0.2, -0.15) is 11.8 Å². The summed E-state index contributed by atoms with van der Waals surface area (Å²) in [4.78, 5) is 20.9. The molecule has 0 aromatic heterocycles. The Labute approximate surface area is 75.7 Å². The summed E-state index contributed by atoms with van der Waals surface area (Å²) < 4.78 is 0. The molecule has 0 radical (unpaired) electrons. The first-order valence-electron chi connectivity index (χ1n) is 3.64. The molecule has 0 aliphatic rings. The minimum absolute atomic E-state index is 0.00892. The molecule has 0 aliphatic heterocycles. The fraction of sp³-hybridized carbons (Fsp3) is 0.714. The summed E-state index contributed by atoms with van der Waals surface area (Å²) in [6.45, 7) is 0.225. The Morgan fingerprint density at radius 1 is 1.42 bits per heavy atom. The summed E-state index contributed by atoms with van der Waals surface area (Å²) in [5, 5.41) is 10.8. The molecule has 4 nitrogen and oxygen atoms in total. The van der Waals surface area contributed by atoms with Gasteiger partial charge >= 0.3 is 5.97 Å². The summed E-state index contributed by atoms with van der Waals surface area (Å²) in [6, 6.07) is 0. The highest BCUT2D eigenvalue weighted by molar-refractivity contribution is 7.98. The van der Waals surface area contributed by atoms with Gasteiger partial charge in [-0.15, -0.1) is 0 Å². The van der Waals surface area contributed by atoms with Crippen molar-refractivity contribution in [2.45, 2.75) is 12.8 Å². The number of aliphatic carboxylic acids is 1. The normalized spacial score (nSPS) is 9.42. The highest BCUT2D eigenvalue weighted by Crippen LogP contribution is 1.94. The number of carboxylic acids is 1. The van der Waals surface area contributed by atoms with Crippen molar-refractivity contribution in [2.75, 3.05) is 18.6 Å². The Kier molecular flexibility index (Phi) is 6.55. The number of nitrogens with one attached hydrogen (secondary N) is 1. The molecule has 0 saturated carbocycles. The molecule has 1 amide bonds. The van der Waals surface area contributed by atoms with Crippen LogP contribution in [0.15, 0.2) is 0 Å². The van der Waals surface area contributed by atoms with E-state index in [1.54, 1.807) is 11.8 Å². The van der Waals surface area contributed by atoms with Gasteiger partial charge in [-0.1, -0.05) is 0 Å². The molecule has 0 aliphatic carbocycles. The molecule has 70 valence electrons. The summed E-state index contributed by atoms with van der Waals surface area (Å²) in [5.41, 5.74) is 0. The molecule has 0 atom stereocenters. The van der Waals surface area contributed by atoms with Crippen molar-refractivity contribution in [3.63, 3.8) is 0 Å². The SMILES string of the molecule is CSCCC(=O)NCCC(=O)O. The largest absolute Gasteiger partial charge is 0.481 e. The molecule has 12 heavy (non-hydrogen) atoms. The van der Waals surface area contributed by atoms with Gasteiger partial charge in [0.1, 0.15) is 0 Å². The van der Waals surface area contributed by atoms with Crippen molar-refractivity contribution >= 4 is 23.6 Å². The maximum Gasteiger partial charge on any atom is 0.305 e. The van der Waals surface area contributed by atoms with Crippen molar-refractivity contribution in [1.82, 2.24) is 5.32 Å². The van der Waals surface area contributed by atoms with Crippen LogP contribution >= 0.6 is 11.8 Å². The molecule has 0 saturated heterocycles. The third-order valence-electron chi connectivity index (χ3n) is 1.19. The van der Waals surface area contributed by atoms with Crippen molar-refractivity contribution < 1.29 is 14.7 Å². The van der Waals surface area contributed by atoms with E-state index >= 15 is 0 Å². The predicted octanol–water partition coefficient (Wildman–Crippen LogP) is 0.330. The van der Waals surface area contributed by atoms with Crippen molar-refractivity contribution in [1.29, 1.82) is 0 Å². The smallest absolute Gasteiger partial charge is 0.305 e. The van der Waals surface area contributed by atoms with Gasteiger partial charge in [0.25, 0.3) is 0 Å². The zero-order chi connectivity index (χ0) is 9.40. The first-order chi connectivity index (χ1) is 5.66. The fourth-order valence-corrected chi connectivity index (χ4v) is 0.982. The topological polar surface area (TPSA) is 66.4 Å². The minimum Gasteiger partial charge on any atom is -0.481 e. The van der Waals surface area contributed by atoms with Gasteiger partial charge < -0.3 is 10.4 Å². The van der Waals surface area contributed by atoms with Crippen LogP contribution < -0.4 is 5.32 Å². The molecule has 0 spiro atoms. The van der Waals surface area contributed by atoms with Gasteiger partial charge in [-0.05, 0) is 6.26 Å². The molecule has 0 bridgehead atoms. The number of hydrogen-bond donors (Lipinski definition) is 2. The van der Waals surface area contributed by atoms with Crippen LogP contribution in [-0.2, 0) is 9.59 Å². The van der Waals surface area contributed by atoms with Crippen LogP contribution in [0, 0.1) is 0 Å². The van der Waals surface area contributed by atoms with E-state index in [4.69, 9.17) is 5.11 Å². The zero-order valence-corrected chi connectivity index (χ0v) is 7.82. The van der Waals surface area contributed by atoms with Gasteiger partial charge in [0.15, 0.2) is 0 Å². The van der Waals surface area contributed by atoms with Gasteiger partial charge in [0, 0.05) is 18.7 Å². The second-order valence-electron chi connectivity index (χ2n) is 2.24. The minimum atomic E-state index is -0.889. The van der Waals surface area contributed by atoms with E-state index in [1.807, 2.05) is 6.26 Å². The first kappa shape index (κ1) is 11.3. The standard InChI is InChI=1S/C7H13NO3S/c1-12-5-3-6(9)8-4-2-7(10)11/h2-5H2,1H3,(H,8,9)(H,10,11). The van der Waals surface area contributed by atoms with Crippen LogP contribution in [0.1, 0.15) is 12.8 Å². The van der Waals surface area contributed by atoms with E-state index < -0.39 is 5.97 Å². The molecule has 0 aromatic rings. The summed E-state index contributed by atoms with van der Waals surface area (Å²) in [5.74, 6) is -0.190. The highest BCUT2D eigenvalue weighted by atomic mass is 32.2. The molecule has 5 heteroatoms. The lowest BCUT2D eigenvalue weighted by Gasteiger charge is -2.01. The monoisotopic (exact) mass is 191 g/mol. The number of carboxylic acid groups (broad SMARTS) is 1. The Bertz CT molecular complexity index is 161. The molecule has 0 unspecified atom stereocenters. The quantitative estimate of drug-likeness (QED) is 0.635. The summed E-state index contributed by atoms with van der Waals surface area (Å²) in [6.07, 6.45) is 2.37. The van der Waals surface area contributed by atoms with Gasteiger partial charge in [-0.25, -0.2) is 0 Å². The van der Waals surface area contributed by atoms with Gasteiger partial charge in [0.2, 0.25) is 5.91 Å². The Hall–Kier alpha value is -0.710. The number of carbonyl (C=O) groups excluding carboxylic acids is 1. The van der Waals surface area contributed by atoms with Crippen LogP contribution in [0.5, 0.6) is 0 Å². The first-order valence-corrected chi connectivity index (χ1v) is 5.03. The van der Waals surface area contributed by atoms with Crippen LogP contribution in [0.2, 0.25) is 0 Å². The predicted molar refractivity (Wildman–Crippen MR) is 48.3 cm³/mol. The number of rotatable bonds is 6. The van der Waals surface area contributed by atoms with Crippen LogP contribution in [0.4, 0.5) is 0 Å².